The number of nitrogens with one attached hydrogen (secondary N) is 1. The summed E-state index contributed by atoms with van der Waals surface area (Å²) < 4.78 is 1.91. The first kappa shape index (κ1) is 25.1. The number of hydrogen-bond acceptors (Lipinski definition) is 3. The van der Waals surface area contributed by atoms with E-state index in [1.54, 1.807) is 24.3 Å². The molecule has 0 aliphatic rings. The van der Waals surface area contributed by atoms with Crippen LogP contribution in [0, 0.1) is 0 Å². The molecule has 35 heavy (non-hydrogen) atoms. The van der Waals surface area contributed by atoms with Gasteiger partial charge in [0.25, 0.3) is 0 Å². The van der Waals surface area contributed by atoms with Gasteiger partial charge in [-0.1, -0.05) is 0 Å². The van der Waals surface area contributed by atoms with Crippen molar-refractivity contribution in [2.24, 2.45) is 0 Å². The van der Waals surface area contributed by atoms with Crippen LogP contribution in [0.3, 0.4) is 0 Å². The van der Waals surface area contributed by atoms with Crippen LogP contribution in [0.5, 0.6) is 0 Å². The van der Waals surface area contributed by atoms with Gasteiger partial charge in [-0.2, -0.15) is 0 Å². The van der Waals surface area contributed by atoms with E-state index in [0.717, 1.165) is 15.9 Å². The van der Waals surface area contributed by atoms with Crippen molar-refractivity contribution < 1.29 is 14.3 Å². The molecule has 4 aromatic rings. The Balaban J connectivity index is 1.93. The van der Waals surface area contributed by atoms with Crippen molar-refractivity contribution in [3.8, 4) is 0 Å². The summed E-state index contributed by atoms with van der Waals surface area (Å²) in [5, 5.41) is 6.36. The zero-order chi connectivity index (χ0) is 24.8. The van der Waals surface area contributed by atoms with Crippen LogP contribution in [0.25, 0.3) is 0 Å². The van der Waals surface area contributed by atoms with Crippen molar-refractivity contribution in [2.75, 3.05) is 13.3 Å². The fraction of sp³-hybridized carbons (Fsp3) is 0.103. The van der Waals surface area contributed by atoms with Crippen LogP contribution in [-0.4, -0.2) is 31.2 Å². The summed E-state index contributed by atoms with van der Waals surface area (Å²) in [6.07, 6.45) is 0.370. The molecule has 0 aliphatic carbocycles. The van der Waals surface area contributed by atoms with Crippen molar-refractivity contribution in [3.05, 3.63) is 127 Å². The summed E-state index contributed by atoms with van der Waals surface area (Å²) in [5.74, 6) is -0.778. The maximum absolute atomic E-state index is 13.2. The number of amides is 1. The van der Waals surface area contributed by atoms with E-state index < -0.39 is 16.3 Å². The summed E-state index contributed by atoms with van der Waals surface area (Å²) in [6, 6.07) is 38.9. The van der Waals surface area contributed by atoms with Gasteiger partial charge in [0, 0.05) is 0 Å². The van der Waals surface area contributed by atoms with Crippen molar-refractivity contribution in [1.29, 1.82) is 0 Å². The first-order valence-electron chi connectivity index (χ1n) is 11.3. The van der Waals surface area contributed by atoms with Gasteiger partial charge in [0.1, 0.15) is 0 Å². The Morgan fingerprint density at radius 3 is 1.46 bits per heavy atom. The molecule has 4 aromatic carbocycles. The average molecular weight is 595 g/mol. The maximum atomic E-state index is 13.2. The molecule has 0 spiro atoms. The normalized spacial score (nSPS) is 13.1. The molecule has 0 fully saturated rings. The fourth-order valence-corrected chi connectivity index (χ4v) is 13.4. The molecule has 0 aliphatic heterocycles. The van der Waals surface area contributed by atoms with Gasteiger partial charge in [0.05, 0.1) is 0 Å². The molecule has 6 heteroatoms. The van der Waals surface area contributed by atoms with E-state index in [0.29, 0.717) is 11.7 Å². The predicted octanol–water partition coefficient (Wildman–Crippen LogP) is 4.84. The van der Waals surface area contributed by atoms with E-state index in [1.165, 1.54) is 7.11 Å². The van der Waals surface area contributed by atoms with E-state index in [9.17, 15) is 9.59 Å². The molecular weight excluding hydrogens is 568 g/mol. The molecule has 0 heterocycles. The summed E-state index contributed by atoms with van der Waals surface area (Å²) in [6.45, 7) is 0. The Morgan fingerprint density at radius 1 is 0.714 bits per heavy atom. The molecule has 0 aromatic heterocycles. The minimum atomic E-state index is -3.30. The van der Waals surface area contributed by atoms with Crippen molar-refractivity contribution in [2.45, 2.75) is 6.04 Å². The van der Waals surface area contributed by atoms with Crippen LogP contribution < -0.4 is 21.2 Å². The molecule has 0 bridgehead atoms. The number of esters is 1. The van der Waals surface area contributed by atoms with Crippen LogP contribution >= 0.6 is 26.3 Å². The predicted molar refractivity (Wildman–Crippen MR) is 154 cm³/mol. The molecule has 0 radical (unpaired) electrons. The van der Waals surface area contributed by atoms with E-state index >= 15 is 0 Å². The fourth-order valence-electron chi connectivity index (χ4n) is 4.48. The van der Waals surface area contributed by atoms with E-state index in [2.05, 4.69) is 63.8 Å². The van der Waals surface area contributed by atoms with Gasteiger partial charge in [-0.3, -0.25) is 0 Å². The number of ether oxygens (including phenoxy) is 1. The summed E-state index contributed by atoms with van der Waals surface area (Å²) in [4.78, 5) is 26.3. The average Bonchev–Trinajstić information content (AvgIpc) is 2.94. The zero-order valence-electron chi connectivity index (χ0n) is 19.4. The van der Waals surface area contributed by atoms with Crippen molar-refractivity contribution >= 4 is 54.1 Å². The molecule has 178 valence electrons. The number of rotatable bonds is 8. The molecule has 0 unspecified atom stereocenters. The topological polar surface area (TPSA) is 55.4 Å². The van der Waals surface area contributed by atoms with Crippen molar-refractivity contribution in [3.63, 3.8) is 0 Å². The van der Waals surface area contributed by atoms with Crippen LogP contribution in [0.2, 0.25) is 0 Å². The minimum absolute atomic E-state index is 0.309. The van der Waals surface area contributed by atoms with Crippen LogP contribution in [0.4, 0.5) is 0 Å². The summed E-state index contributed by atoms with van der Waals surface area (Å²) >= 11 is 2.60. The summed E-state index contributed by atoms with van der Waals surface area (Å²) in [5.41, 5.74) is 0.495. The van der Waals surface area contributed by atoms with Gasteiger partial charge in [0.2, 0.25) is 0 Å². The standard InChI is InChI=1S/C29H27INO3P/c1-34-29(33)27(31-28(32)23-14-6-2-7-15-23)22-35(30,24-16-8-3-9-17-24,25-18-10-4-11-19-25)26-20-12-5-13-21-26/h2-21,27H,22H2,1H3,(H,31,32)/t27-/m1/s1. The third kappa shape index (κ3) is 4.89. The SMILES string of the molecule is COC(=O)[C@@H](CP(I)(c1ccccc1)(c1ccccc1)c1ccccc1)NC(=O)c1ccccc1. The monoisotopic (exact) mass is 595 g/mol. The second-order valence-electron chi connectivity index (χ2n) is 8.29. The Labute approximate surface area is 219 Å². The van der Waals surface area contributed by atoms with E-state index in [-0.39, 0.29) is 5.91 Å². The summed E-state index contributed by atoms with van der Waals surface area (Å²) in [7, 11) is 1.36. The van der Waals surface area contributed by atoms with Crippen molar-refractivity contribution in [1.82, 2.24) is 5.32 Å². The Kier molecular flexibility index (Phi) is 7.68. The molecular formula is C29H27INO3P. The zero-order valence-corrected chi connectivity index (χ0v) is 22.4. The van der Waals surface area contributed by atoms with Crippen LogP contribution in [0.1, 0.15) is 10.4 Å². The third-order valence-electron chi connectivity index (χ3n) is 6.24. The Morgan fingerprint density at radius 2 is 1.09 bits per heavy atom. The third-order valence-corrected chi connectivity index (χ3v) is 17.6. The molecule has 1 amide bonds. The molecule has 1 N–H and O–H groups in total. The Bertz CT molecular complexity index is 1190. The molecule has 1 atom stereocenters. The number of benzene rings is 4. The first-order valence-corrected chi connectivity index (χ1v) is 16.5. The van der Waals surface area contributed by atoms with Crippen LogP contribution in [-0.2, 0) is 9.53 Å². The van der Waals surface area contributed by atoms with E-state index in [4.69, 9.17) is 4.74 Å². The van der Waals surface area contributed by atoms with Gasteiger partial charge >= 0.3 is 220 Å². The number of carbonyl (C=O) groups is 2. The van der Waals surface area contributed by atoms with E-state index in [1.807, 2.05) is 60.7 Å². The number of carbonyl (C=O) groups excluding carboxylic acids is 2. The number of methoxy groups -OCH3 is 1. The molecule has 0 saturated heterocycles. The molecule has 4 nitrogen and oxygen atoms in total. The molecule has 0 saturated carbocycles. The molecule has 4 rings (SSSR count). The first-order chi connectivity index (χ1) is 17.0. The van der Waals surface area contributed by atoms with Gasteiger partial charge in [-0.25, -0.2) is 0 Å². The Hall–Kier alpha value is -3.02. The van der Waals surface area contributed by atoms with Gasteiger partial charge in [-0.15, -0.1) is 0 Å². The van der Waals surface area contributed by atoms with Gasteiger partial charge in [-0.05, 0) is 0 Å². The van der Waals surface area contributed by atoms with Crippen LogP contribution in [0.15, 0.2) is 121 Å². The number of hydrogen-bond donors (Lipinski definition) is 1. The van der Waals surface area contributed by atoms with Gasteiger partial charge in [0.15, 0.2) is 0 Å². The second kappa shape index (κ2) is 10.7. The number of halogens is 1. The second-order valence-corrected chi connectivity index (χ2v) is 19.0. The quantitative estimate of drug-likeness (QED) is 0.180. The van der Waals surface area contributed by atoms with Gasteiger partial charge < -0.3 is 0 Å².